The van der Waals surface area contributed by atoms with Gasteiger partial charge in [-0.05, 0) is 70.6 Å². The van der Waals surface area contributed by atoms with Gasteiger partial charge in [0.05, 0.1) is 25.2 Å². The third-order valence-corrected chi connectivity index (χ3v) is 5.90. The number of rotatable bonds is 10. The summed E-state index contributed by atoms with van der Waals surface area (Å²) in [4.78, 5) is 12.9. The Bertz CT molecular complexity index is 566. The van der Waals surface area contributed by atoms with Gasteiger partial charge in [-0.15, -0.1) is 11.8 Å². The number of fused-ring (bicyclic) bond motifs is 2. The van der Waals surface area contributed by atoms with Gasteiger partial charge in [0.2, 0.25) is 0 Å². The first-order valence-corrected chi connectivity index (χ1v) is 10.1. The van der Waals surface area contributed by atoms with Gasteiger partial charge in [0, 0.05) is 6.42 Å². The molecule has 2 fully saturated rings. The smallest absolute Gasteiger partial charge is 0.315 e. The third-order valence-electron chi connectivity index (χ3n) is 5.90. The number of unbranched alkanes of at least 4 members (excludes halogenated alkanes) is 3. The molecule has 1 aliphatic heterocycles. The number of ether oxygens (including phenoxy) is 2. The van der Waals surface area contributed by atoms with Crippen molar-refractivity contribution in [1.82, 2.24) is 0 Å². The van der Waals surface area contributed by atoms with E-state index < -0.39 is 5.41 Å². The maximum atomic E-state index is 12.9. The lowest BCUT2D eigenvalue weighted by Gasteiger charge is -2.38. The van der Waals surface area contributed by atoms with Crippen molar-refractivity contribution in [3.05, 3.63) is 24.3 Å². The van der Waals surface area contributed by atoms with Gasteiger partial charge >= 0.3 is 5.97 Å². The molecule has 26 heavy (non-hydrogen) atoms. The fourth-order valence-corrected chi connectivity index (χ4v) is 4.57. The summed E-state index contributed by atoms with van der Waals surface area (Å²) < 4.78 is 11.1. The van der Waals surface area contributed by atoms with Crippen molar-refractivity contribution in [2.75, 3.05) is 13.7 Å². The average Bonchev–Trinajstić information content (AvgIpc) is 3.29. The second-order valence-electron chi connectivity index (χ2n) is 7.51. The van der Waals surface area contributed by atoms with Crippen LogP contribution in [0, 0.1) is 29.1 Å². The zero-order valence-corrected chi connectivity index (χ0v) is 16.6. The molecule has 0 aromatic carbocycles. The predicted octanol–water partition coefficient (Wildman–Crippen LogP) is 5.07. The van der Waals surface area contributed by atoms with Gasteiger partial charge in [-0.3, -0.25) is 4.79 Å². The molecule has 1 saturated carbocycles. The first kappa shape index (κ1) is 20.8. The molecular weight excluding hydrogens is 324 g/mol. The molecule has 4 atom stereocenters. The van der Waals surface area contributed by atoms with E-state index in [0.29, 0.717) is 17.9 Å². The van der Waals surface area contributed by atoms with E-state index in [1.165, 1.54) is 7.11 Å². The van der Waals surface area contributed by atoms with E-state index in [0.717, 1.165) is 58.0 Å². The Labute approximate surface area is 159 Å². The molecule has 2 bridgehead atoms. The van der Waals surface area contributed by atoms with Crippen LogP contribution in [-0.4, -0.2) is 25.8 Å². The van der Waals surface area contributed by atoms with Crippen LogP contribution in [0.4, 0.5) is 0 Å². The van der Waals surface area contributed by atoms with Crippen LogP contribution in [-0.2, 0) is 14.3 Å². The van der Waals surface area contributed by atoms with Crippen LogP contribution < -0.4 is 0 Å². The average molecular weight is 359 g/mol. The Morgan fingerprint density at radius 3 is 2.73 bits per heavy atom. The van der Waals surface area contributed by atoms with Crippen LogP contribution in [0.2, 0.25) is 0 Å². The molecule has 1 aliphatic carbocycles. The van der Waals surface area contributed by atoms with Crippen LogP contribution in [0.5, 0.6) is 0 Å². The summed E-state index contributed by atoms with van der Waals surface area (Å²) in [6, 6.07) is 0. The first-order chi connectivity index (χ1) is 12.7. The van der Waals surface area contributed by atoms with Gasteiger partial charge in [-0.2, -0.15) is 0 Å². The predicted molar refractivity (Wildman–Crippen MR) is 106 cm³/mol. The van der Waals surface area contributed by atoms with Gasteiger partial charge < -0.3 is 9.47 Å². The molecule has 0 aromatic heterocycles. The van der Waals surface area contributed by atoms with Crippen LogP contribution in [0.25, 0.3) is 0 Å². The van der Waals surface area contributed by atoms with E-state index in [1.807, 2.05) is 13.8 Å². The van der Waals surface area contributed by atoms with Crippen LogP contribution >= 0.6 is 0 Å². The van der Waals surface area contributed by atoms with E-state index in [4.69, 9.17) is 9.47 Å². The molecule has 2 rings (SSSR count). The molecule has 2 aliphatic rings. The SMILES string of the molecule is CC#CCCCCC=CC(CC/C=C/C)(C(=O)OC)C1CC2CC1CO2. The number of hydrogen-bond donors (Lipinski definition) is 0. The van der Waals surface area contributed by atoms with Gasteiger partial charge in [-0.1, -0.05) is 24.3 Å². The summed E-state index contributed by atoms with van der Waals surface area (Å²) in [6.07, 6.45) is 16.9. The maximum Gasteiger partial charge on any atom is 0.315 e. The number of esters is 1. The normalized spacial score (nSPS) is 26.8. The molecule has 0 aromatic rings. The summed E-state index contributed by atoms with van der Waals surface area (Å²) in [7, 11) is 1.52. The van der Waals surface area contributed by atoms with E-state index in [-0.39, 0.29) is 5.97 Å². The Hall–Kier alpha value is -1.53. The van der Waals surface area contributed by atoms with E-state index in [1.54, 1.807) is 0 Å². The van der Waals surface area contributed by atoms with Crippen molar-refractivity contribution < 1.29 is 14.3 Å². The Morgan fingerprint density at radius 1 is 1.27 bits per heavy atom. The Balaban J connectivity index is 2.12. The lowest BCUT2D eigenvalue weighted by Crippen LogP contribution is -2.42. The lowest BCUT2D eigenvalue weighted by molar-refractivity contribution is -0.155. The van der Waals surface area contributed by atoms with Gasteiger partial charge in [0.25, 0.3) is 0 Å². The van der Waals surface area contributed by atoms with Crippen molar-refractivity contribution in [1.29, 1.82) is 0 Å². The van der Waals surface area contributed by atoms with E-state index in [2.05, 4.69) is 36.1 Å². The molecular formula is C23H34O3. The summed E-state index contributed by atoms with van der Waals surface area (Å²) in [6.45, 7) is 4.70. The summed E-state index contributed by atoms with van der Waals surface area (Å²) >= 11 is 0. The molecule has 144 valence electrons. The largest absolute Gasteiger partial charge is 0.468 e. The quantitative estimate of drug-likeness (QED) is 0.237. The summed E-state index contributed by atoms with van der Waals surface area (Å²) in [5.41, 5.74) is -0.513. The minimum absolute atomic E-state index is 0.0762. The molecule has 0 spiro atoms. The molecule has 3 heteroatoms. The zero-order valence-electron chi connectivity index (χ0n) is 16.6. The van der Waals surface area contributed by atoms with Crippen molar-refractivity contribution in [3.8, 4) is 11.8 Å². The van der Waals surface area contributed by atoms with Crippen LogP contribution in [0.1, 0.15) is 65.2 Å². The number of carbonyl (C=O) groups is 1. The summed E-state index contributed by atoms with van der Waals surface area (Å²) in [5.74, 6) is 6.79. The number of allylic oxidation sites excluding steroid dienone is 3. The van der Waals surface area contributed by atoms with Crippen LogP contribution in [0.3, 0.4) is 0 Å². The van der Waals surface area contributed by atoms with Gasteiger partial charge in [-0.25, -0.2) is 0 Å². The molecule has 3 nitrogen and oxygen atoms in total. The molecule has 1 heterocycles. The summed E-state index contributed by atoms with van der Waals surface area (Å²) in [5, 5.41) is 0. The minimum atomic E-state index is -0.513. The van der Waals surface area contributed by atoms with Crippen molar-refractivity contribution in [2.24, 2.45) is 17.3 Å². The number of carbonyl (C=O) groups excluding carboxylic acids is 1. The molecule has 4 unspecified atom stereocenters. The minimum Gasteiger partial charge on any atom is -0.468 e. The highest BCUT2D eigenvalue weighted by molar-refractivity contribution is 5.79. The van der Waals surface area contributed by atoms with Crippen molar-refractivity contribution in [3.63, 3.8) is 0 Å². The topological polar surface area (TPSA) is 35.5 Å². The van der Waals surface area contributed by atoms with Gasteiger partial charge in [0.1, 0.15) is 0 Å². The highest BCUT2D eigenvalue weighted by Gasteiger charge is 2.54. The molecule has 0 radical (unpaired) electrons. The third kappa shape index (κ3) is 5.01. The van der Waals surface area contributed by atoms with Gasteiger partial charge in [0.15, 0.2) is 0 Å². The standard InChI is InChI=1S/C23H34O3/c1-4-6-8-9-10-11-13-15-23(22(24)25-3,14-12-7-5-2)21-17-20-16-19(21)18-26-20/h5,7,13,15,19-21H,8-12,14,16-18H2,1-3H3/b7-5+,15-13?. The second-order valence-corrected chi connectivity index (χ2v) is 7.51. The van der Waals surface area contributed by atoms with E-state index >= 15 is 0 Å². The maximum absolute atomic E-state index is 12.9. The van der Waals surface area contributed by atoms with E-state index in [9.17, 15) is 4.79 Å². The highest BCUT2D eigenvalue weighted by atomic mass is 16.5. The number of hydrogen-bond acceptors (Lipinski definition) is 3. The Kier molecular flexibility index (Phi) is 8.45. The molecule has 0 amide bonds. The Morgan fingerprint density at radius 2 is 2.12 bits per heavy atom. The molecule has 0 N–H and O–H groups in total. The molecule has 1 saturated heterocycles. The fourth-order valence-electron chi connectivity index (χ4n) is 4.57. The van der Waals surface area contributed by atoms with Crippen LogP contribution in [0.15, 0.2) is 24.3 Å². The highest BCUT2D eigenvalue weighted by Crippen LogP contribution is 2.52. The van der Waals surface area contributed by atoms with Crippen molar-refractivity contribution in [2.45, 2.75) is 71.3 Å². The van der Waals surface area contributed by atoms with Crippen molar-refractivity contribution >= 4 is 5.97 Å². The fraction of sp³-hybridized carbons (Fsp3) is 0.696. The number of methoxy groups -OCH3 is 1. The second kappa shape index (κ2) is 10.6. The first-order valence-electron chi connectivity index (χ1n) is 10.1. The monoisotopic (exact) mass is 358 g/mol. The zero-order chi connectivity index (χ0) is 18.8. The lowest BCUT2D eigenvalue weighted by atomic mass is 9.67.